The Morgan fingerprint density at radius 3 is 2.35 bits per heavy atom. The fraction of sp³-hybridized carbons (Fsp3) is 0.529. The van der Waals surface area contributed by atoms with E-state index >= 15 is 0 Å². The number of hydrogen-bond acceptors (Lipinski definition) is 3. The average Bonchev–Trinajstić information content (AvgIpc) is 2.55. The van der Waals surface area contributed by atoms with E-state index in [9.17, 15) is 4.79 Å². The number of ether oxygens (including phenoxy) is 1. The summed E-state index contributed by atoms with van der Waals surface area (Å²) in [5, 5.41) is 2.65. The maximum absolute atomic E-state index is 12.6. The number of nitrogens with zero attached hydrogens (tertiary/aromatic N) is 2. The van der Waals surface area contributed by atoms with Crippen LogP contribution in [-0.4, -0.2) is 38.8 Å². The molecule has 2 amide bonds. The number of nitrogens with one attached hydrogen (secondary N) is 1. The van der Waals surface area contributed by atoms with Crippen molar-refractivity contribution in [3.63, 3.8) is 0 Å². The number of rotatable bonds is 7. The fourth-order valence-corrected chi connectivity index (χ4v) is 2.44. The quantitative estimate of drug-likeness (QED) is 0.459. The molecule has 0 saturated heterocycles. The summed E-state index contributed by atoms with van der Waals surface area (Å²) < 4.78 is 4.91. The van der Waals surface area contributed by atoms with Crippen molar-refractivity contribution >= 4 is 17.7 Å². The van der Waals surface area contributed by atoms with E-state index in [0.717, 1.165) is 29.7 Å². The summed E-state index contributed by atoms with van der Waals surface area (Å²) in [6.07, 6.45) is 1.73. The lowest BCUT2D eigenvalue weighted by Gasteiger charge is -2.26. The van der Waals surface area contributed by atoms with Crippen molar-refractivity contribution < 1.29 is 9.53 Å². The van der Waals surface area contributed by atoms with Crippen LogP contribution in [0.4, 0.5) is 10.5 Å². The van der Waals surface area contributed by atoms with Crippen molar-refractivity contribution in [3.8, 4) is 0 Å². The predicted molar refractivity (Wildman–Crippen MR) is 95.1 cm³/mol. The molecule has 6 nitrogen and oxygen atoms in total. The Labute approximate surface area is 138 Å². The van der Waals surface area contributed by atoms with Crippen LogP contribution >= 0.6 is 0 Å². The molecule has 0 unspecified atom stereocenters. The Kier molecular flexibility index (Phi) is 8.11. The van der Waals surface area contributed by atoms with Gasteiger partial charge in [-0.1, -0.05) is 32.0 Å². The molecule has 1 aromatic rings. The van der Waals surface area contributed by atoms with E-state index in [2.05, 4.69) is 36.3 Å². The van der Waals surface area contributed by atoms with Gasteiger partial charge in [0.25, 0.3) is 0 Å². The number of nitrogens with two attached hydrogens (primary N) is 1. The number of guanidine groups is 1. The summed E-state index contributed by atoms with van der Waals surface area (Å²) in [7, 11) is 1.59. The van der Waals surface area contributed by atoms with Gasteiger partial charge in [-0.15, -0.1) is 0 Å². The van der Waals surface area contributed by atoms with Crippen LogP contribution < -0.4 is 16.0 Å². The number of methoxy groups -OCH3 is 1. The van der Waals surface area contributed by atoms with Crippen LogP contribution in [0.1, 0.15) is 31.9 Å². The average molecular weight is 320 g/mol. The van der Waals surface area contributed by atoms with Crippen LogP contribution in [0, 0.1) is 0 Å². The SMILES string of the molecule is CCc1cccc(CC)c1N(CC)C(=O)NC(N)=NCCOC. The van der Waals surface area contributed by atoms with Crippen LogP contribution in [-0.2, 0) is 17.6 Å². The van der Waals surface area contributed by atoms with Gasteiger partial charge in [0.05, 0.1) is 18.8 Å². The van der Waals surface area contributed by atoms with Crippen molar-refractivity contribution in [2.75, 3.05) is 31.7 Å². The molecule has 0 saturated carbocycles. The maximum atomic E-state index is 12.6. The summed E-state index contributed by atoms with van der Waals surface area (Å²) >= 11 is 0. The molecule has 23 heavy (non-hydrogen) atoms. The molecule has 1 aromatic carbocycles. The molecular formula is C17H28N4O2. The van der Waals surface area contributed by atoms with Gasteiger partial charge in [0.1, 0.15) is 0 Å². The van der Waals surface area contributed by atoms with Crippen LogP contribution in [0.15, 0.2) is 23.2 Å². The van der Waals surface area contributed by atoms with E-state index in [4.69, 9.17) is 10.5 Å². The van der Waals surface area contributed by atoms with Crippen molar-refractivity contribution in [1.82, 2.24) is 5.32 Å². The predicted octanol–water partition coefficient (Wildman–Crippen LogP) is 2.31. The standard InChI is InChI=1S/C17H28N4O2/c1-5-13-9-8-10-14(6-2)15(13)21(7-3)17(22)20-16(18)19-11-12-23-4/h8-10H,5-7,11-12H2,1-4H3,(H3,18,19,20,22). The minimum absolute atomic E-state index is 0.109. The van der Waals surface area contributed by atoms with Gasteiger partial charge in [-0.3, -0.25) is 15.2 Å². The number of carbonyl (C=O) groups is 1. The highest BCUT2D eigenvalue weighted by Crippen LogP contribution is 2.27. The first-order valence-corrected chi connectivity index (χ1v) is 8.07. The Morgan fingerprint density at radius 1 is 1.26 bits per heavy atom. The normalized spacial score (nSPS) is 11.4. The topological polar surface area (TPSA) is 80.0 Å². The lowest BCUT2D eigenvalue weighted by Crippen LogP contribution is -2.46. The molecule has 3 N–H and O–H groups in total. The lowest BCUT2D eigenvalue weighted by atomic mass is 10.0. The van der Waals surface area contributed by atoms with Gasteiger partial charge in [-0.2, -0.15) is 0 Å². The first-order chi connectivity index (χ1) is 11.1. The van der Waals surface area contributed by atoms with Crippen molar-refractivity contribution in [1.29, 1.82) is 0 Å². The van der Waals surface area contributed by atoms with Gasteiger partial charge < -0.3 is 10.5 Å². The summed E-state index contributed by atoms with van der Waals surface area (Å²) in [5.41, 5.74) is 9.04. The van der Waals surface area contributed by atoms with E-state index in [1.54, 1.807) is 12.0 Å². The number of amides is 2. The third-order valence-electron chi connectivity index (χ3n) is 3.61. The highest BCUT2D eigenvalue weighted by Gasteiger charge is 2.19. The zero-order valence-electron chi connectivity index (χ0n) is 14.6. The zero-order chi connectivity index (χ0) is 17.2. The number of hydrogen-bond donors (Lipinski definition) is 2. The Bertz CT molecular complexity index is 521. The molecule has 0 spiro atoms. The van der Waals surface area contributed by atoms with Gasteiger partial charge in [-0.25, -0.2) is 4.79 Å². The van der Waals surface area contributed by atoms with E-state index in [0.29, 0.717) is 19.7 Å². The second-order valence-electron chi connectivity index (χ2n) is 5.07. The molecule has 0 aromatic heterocycles. The second kappa shape index (κ2) is 9.84. The van der Waals surface area contributed by atoms with E-state index in [1.807, 2.05) is 13.0 Å². The minimum Gasteiger partial charge on any atom is -0.383 e. The minimum atomic E-state index is -0.262. The third kappa shape index (κ3) is 5.25. The number of benzene rings is 1. The second-order valence-corrected chi connectivity index (χ2v) is 5.07. The highest BCUT2D eigenvalue weighted by molar-refractivity contribution is 6.04. The largest absolute Gasteiger partial charge is 0.383 e. The Balaban J connectivity index is 3.00. The molecule has 6 heteroatoms. The van der Waals surface area contributed by atoms with Gasteiger partial charge >= 0.3 is 6.03 Å². The number of para-hydroxylation sites is 1. The monoisotopic (exact) mass is 320 g/mol. The fourth-order valence-electron chi connectivity index (χ4n) is 2.44. The molecule has 0 fully saturated rings. The van der Waals surface area contributed by atoms with Crippen LogP contribution in [0.2, 0.25) is 0 Å². The molecule has 0 aliphatic carbocycles. The Morgan fingerprint density at radius 2 is 1.87 bits per heavy atom. The third-order valence-corrected chi connectivity index (χ3v) is 3.61. The molecule has 0 heterocycles. The highest BCUT2D eigenvalue weighted by atomic mass is 16.5. The van der Waals surface area contributed by atoms with Gasteiger partial charge in [0.2, 0.25) is 0 Å². The number of carbonyl (C=O) groups excluding carboxylic acids is 1. The number of urea groups is 1. The summed E-state index contributed by atoms with van der Waals surface area (Å²) in [5.74, 6) is 0.109. The van der Waals surface area contributed by atoms with E-state index < -0.39 is 0 Å². The molecule has 0 bridgehead atoms. The first-order valence-electron chi connectivity index (χ1n) is 8.07. The molecule has 128 valence electrons. The van der Waals surface area contributed by atoms with Crippen LogP contribution in [0.3, 0.4) is 0 Å². The first kappa shape index (κ1) is 19.0. The van der Waals surface area contributed by atoms with Gasteiger partial charge in [0, 0.05) is 13.7 Å². The summed E-state index contributed by atoms with van der Waals surface area (Å²) in [4.78, 5) is 18.4. The molecule has 0 atom stereocenters. The smallest absolute Gasteiger partial charge is 0.328 e. The van der Waals surface area contributed by atoms with Crippen molar-refractivity contribution in [2.45, 2.75) is 33.6 Å². The zero-order valence-corrected chi connectivity index (χ0v) is 14.6. The molecule has 1 rings (SSSR count). The molecule has 0 radical (unpaired) electrons. The van der Waals surface area contributed by atoms with Crippen molar-refractivity contribution in [3.05, 3.63) is 29.3 Å². The summed E-state index contributed by atoms with van der Waals surface area (Å²) in [6, 6.07) is 5.88. The van der Waals surface area contributed by atoms with E-state index in [1.165, 1.54) is 0 Å². The lowest BCUT2D eigenvalue weighted by molar-refractivity contribution is 0.208. The van der Waals surface area contributed by atoms with E-state index in [-0.39, 0.29) is 12.0 Å². The van der Waals surface area contributed by atoms with Crippen LogP contribution in [0.25, 0.3) is 0 Å². The number of aryl methyl sites for hydroxylation is 2. The number of anilines is 1. The number of aliphatic imine (C=N–C) groups is 1. The van der Waals surface area contributed by atoms with Gasteiger partial charge in [-0.05, 0) is 30.9 Å². The van der Waals surface area contributed by atoms with Crippen LogP contribution in [0.5, 0.6) is 0 Å². The van der Waals surface area contributed by atoms with Crippen molar-refractivity contribution in [2.24, 2.45) is 10.7 Å². The van der Waals surface area contributed by atoms with Gasteiger partial charge in [0.15, 0.2) is 5.96 Å². The summed E-state index contributed by atoms with van der Waals surface area (Å²) in [6.45, 7) is 7.56. The molecule has 0 aliphatic rings. The Hall–Kier alpha value is -2.08. The molecule has 0 aliphatic heterocycles. The maximum Gasteiger partial charge on any atom is 0.328 e. The molecular weight excluding hydrogens is 292 g/mol.